The highest BCUT2D eigenvalue weighted by atomic mass is 32.1. The van der Waals surface area contributed by atoms with Crippen molar-refractivity contribution >= 4 is 17.2 Å². The fraction of sp³-hybridized carbons (Fsp3) is 0.562. The van der Waals surface area contributed by atoms with Crippen LogP contribution in [0.4, 0.5) is 0 Å². The summed E-state index contributed by atoms with van der Waals surface area (Å²) >= 11 is 1.55. The Morgan fingerprint density at radius 2 is 2.00 bits per heavy atom. The van der Waals surface area contributed by atoms with Crippen LogP contribution in [0, 0.1) is 11.8 Å². The first-order valence-electron chi connectivity index (χ1n) is 6.95. The van der Waals surface area contributed by atoms with Gasteiger partial charge in [0.25, 0.3) is 0 Å². The van der Waals surface area contributed by atoms with Gasteiger partial charge >= 0.3 is 0 Å². The van der Waals surface area contributed by atoms with Gasteiger partial charge in [-0.3, -0.25) is 4.79 Å². The Kier molecular flexibility index (Phi) is 6.27. The quantitative estimate of drug-likeness (QED) is 0.713. The van der Waals surface area contributed by atoms with E-state index < -0.39 is 0 Å². The summed E-state index contributed by atoms with van der Waals surface area (Å²) in [5.41, 5.74) is 1.05. The van der Waals surface area contributed by atoms with E-state index in [9.17, 15) is 4.79 Å². The second kappa shape index (κ2) is 7.48. The predicted molar refractivity (Wildman–Crippen MR) is 85.1 cm³/mol. The summed E-state index contributed by atoms with van der Waals surface area (Å²) in [4.78, 5) is 14.2. The smallest absolute Gasteiger partial charge is 0.246 e. The SMILES string of the molecule is C=CC(=O)N(Cc1ccsc1OC)C(C(C)C)C(C)C. The van der Waals surface area contributed by atoms with Crippen molar-refractivity contribution in [2.24, 2.45) is 11.8 Å². The maximum atomic E-state index is 12.3. The molecule has 1 aromatic rings. The van der Waals surface area contributed by atoms with Gasteiger partial charge in [0.2, 0.25) is 5.91 Å². The molecule has 0 radical (unpaired) electrons. The topological polar surface area (TPSA) is 29.5 Å². The first kappa shape index (κ1) is 16.8. The number of methoxy groups -OCH3 is 1. The van der Waals surface area contributed by atoms with Crippen molar-refractivity contribution in [1.29, 1.82) is 0 Å². The van der Waals surface area contributed by atoms with Crippen molar-refractivity contribution in [3.63, 3.8) is 0 Å². The number of hydrogen-bond acceptors (Lipinski definition) is 3. The van der Waals surface area contributed by atoms with E-state index in [0.717, 1.165) is 10.6 Å². The molecule has 0 aromatic carbocycles. The maximum Gasteiger partial charge on any atom is 0.246 e. The van der Waals surface area contributed by atoms with Crippen molar-refractivity contribution in [3.05, 3.63) is 29.7 Å². The van der Waals surface area contributed by atoms with Crippen LogP contribution in [0.2, 0.25) is 0 Å². The molecular formula is C16H25NO2S. The third-order valence-electron chi connectivity index (χ3n) is 3.42. The molecule has 0 bridgehead atoms. The molecule has 0 saturated heterocycles. The molecule has 0 spiro atoms. The van der Waals surface area contributed by atoms with E-state index in [1.807, 2.05) is 16.3 Å². The lowest BCUT2D eigenvalue weighted by atomic mass is 9.91. The Bertz CT molecular complexity index is 443. The van der Waals surface area contributed by atoms with Crippen LogP contribution in [0.15, 0.2) is 24.1 Å². The molecule has 4 heteroatoms. The van der Waals surface area contributed by atoms with Crippen LogP contribution in [0.5, 0.6) is 5.06 Å². The third-order valence-corrected chi connectivity index (χ3v) is 4.33. The number of rotatable bonds is 7. The zero-order valence-electron chi connectivity index (χ0n) is 13.1. The molecule has 0 aliphatic carbocycles. The lowest BCUT2D eigenvalue weighted by Crippen LogP contribution is -2.45. The number of amides is 1. The maximum absolute atomic E-state index is 12.3. The molecule has 0 atom stereocenters. The van der Waals surface area contributed by atoms with Crippen LogP contribution >= 0.6 is 11.3 Å². The second-order valence-corrected chi connectivity index (χ2v) is 6.46. The summed E-state index contributed by atoms with van der Waals surface area (Å²) in [5.74, 6) is 0.762. The van der Waals surface area contributed by atoms with E-state index in [1.54, 1.807) is 18.4 Å². The molecule has 0 fully saturated rings. The predicted octanol–water partition coefficient (Wildman–Crippen LogP) is 3.95. The summed E-state index contributed by atoms with van der Waals surface area (Å²) in [6, 6.07) is 2.20. The standard InChI is InChI=1S/C16H25NO2S/c1-7-14(18)17(15(11(2)3)12(4)5)10-13-8-9-20-16(13)19-6/h7-9,11-12,15H,1,10H2,2-6H3. The van der Waals surface area contributed by atoms with Gasteiger partial charge in [0.1, 0.15) is 0 Å². The molecular weight excluding hydrogens is 270 g/mol. The highest BCUT2D eigenvalue weighted by molar-refractivity contribution is 7.12. The fourth-order valence-corrected chi connectivity index (χ4v) is 3.47. The number of thiophene rings is 1. The average Bonchev–Trinajstić information content (AvgIpc) is 2.83. The van der Waals surface area contributed by atoms with Gasteiger partial charge in [-0.25, -0.2) is 0 Å². The Balaban J connectivity index is 3.06. The molecule has 1 rings (SSSR count). The number of ether oxygens (including phenoxy) is 1. The molecule has 112 valence electrons. The van der Waals surface area contributed by atoms with E-state index in [4.69, 9.17) is 4.74 Å². The molecule has 1 aromatic heterocycles. The van der Waals surface area contributed by atoms with Gasteiger partial charge in [0, 0.05) is 11.6 Å². The third kappa shape index (κ3) is 3.85. The normalized spacial score (nSPS) is 11.2. The van der Waals surface area contributed by atoms with Gasteiger partial charge in [-0.15, -0.1) is 11.3 Å². The molecule has 0 aliphatic rings. The minimum Gasteiger partial charge on any atom is -0.487 e. The fourth-order valence-electron chi connectivity index (χ4n) is 2.74. The van der Waals surface area contributed by atoms with Gasteiger partial charge in [-0.1, -0.05) is 34.3 Å². The summed E-state index contributed by atoms with van der Waals surface area (Å²) < 4.78 is 5.36. The molecule has 0 unspecified atom stereocenters. The van der Waals surface area contributed by atoms with Crippen molar-refractivity contribution in [2.45, 2.75) is 40.3 Å². The second-order valence-electron chi connectivity index (χ2n) is 5.59. The van der Waals surface area contributed by atoms with E-state index in [-0.39, 0.29) is 11.9 Å². The van der Waals surface area contributed by atoms with Crippen molar-refractivity contribution in [2.75, 3.05) is 7.11 Å². The van der Waals surface area contributed by atoms with Crippen molar-refractivity contribution in [3.8, 4) is 5.06 Å². The first-order valence-corrected chi connectivity index (χ1v) is 7.83. The van der Waals surface area contributed by atoms with Crippen LogP contribution < -0.4 is 4.74 Å². The van der Waals surface area contributed by atoms with Gasteiger partial charge in [-0.05, 0) is 29.4 Å². The Morgan fingerprint density at radius 3 is 2.45 bits per heavy atom. The number of hydrogen-bond donors (Lipinski definition) is 0. The minimum atomic E-state index is -0.0225. The summed E-state index contributed by atoms with van der Waals surface area (Å²) in [7, 11) is 1.66. The van der Waals surface area contributed by atoms with E-state index in [1.165, 1.54) is 6.08 Å². The van der Waals surface area contributed by atoms with Crippen LogP contribution in [0.1, 0.15) is 33.3 Å². The molecule has 20 heavy (non-hydrogen) atoms. The van der Waals surface area contributed by atoms with E-state index in [2.05, 4.69) is 34.3 Å². The Morgan fingerprint density at radius 1 is 1.40 bits per heavy atom. The molecule has 0 N–H and O–H groups in total. The summed E-state index contributed by atoms with van der Waals surface area (Å²) in [6.07, 6.45) is 1.40. The van der Waals surface area contributed by atoms with Crippen LogP contribution in [0.3, 0.4) is 0 Å². The summed E-state index contributed by atoms with van der Waals surface area (Å²) in [6.45, 7) is 12.8. The molecule has 3 nitrogen and oxygen atoms in total. The van der Waals surface area contributed by atoms with E-state index in [0.29, 0.717) is 18.4 Å². The van der Waals surface area contributed by atoms with Crippen molar-refractivity contribution in [1.82, 2.24) is 4.90 Å². The Labute approximate surface area is 126 Å². The van der Waals surface area contributed by atoms with Gasteiger partial charge in [0.15, 0.2) is 5.06 Å². The van der Waals surface area contributed by atoms with Gasteiger partial charge in [0.05, 0.1) is 13.7 Å². The van der Waals surface area contributed by atoms with E-state index >= 15 is 0 Å². The zero-order chi connectivity index (χ0) is 15.3. The molecule has 1 amide bonds. The van der Waals surface area contributed by atoms with Crippen LogP contribution in [-0.4, -0.2) is 24.0 Å². The monoisotopic (exact) mass is 295 g/mol. The highest BCUT2D eigenvalue weighted by Gasteiger charge is 2.28. The minimum absolute atomic E-state index is 0.0225. The highest BCUT2D eigenvalue weighted by Crippen LogP contribution is 2.29. The zero-order valence-corrected chi connectivity index (χ0v) is 13.9. The number of carbonyl (C=O) groups excluding carboxylic acids is 1. The van der Waals surface area contributed by atoms with Crippen LogP contribution in [-0.2, 0) is 11.3 Å². The Hall–Kier alpha value is -1.29. The lowest BCUT2D eigenvalue weighted by molar-refractivity contribution is -0.131. The largest absolute Gasteiger partial charge is 0.487 e. The molecule has 1 heterocycles. The number of carbonyl (C=O) groups is 1. The lowest BCUT2D eigenvalue weighted by Gasteiger charge is -2.36. The molecule has 0 aliphatic heterocycles. The first-order chi connectivity index (χ1) is 9.42. The average molecular weight is 295 g/mol. The molecule has 0 saturated carbocycles. The summed E-state index contributed by atoms with van der Waals surface area (Å²) in [5, 5.41) is 2.86. The van der Waals surface area contributed by atoms with Gasteiger partial charge < -0.3 is 9.64 Å². The van der Waals surface area contributed by atoms with Gasteiger partial charge in [-0.2, -0.15) is 0 Å². The number of nitrogens with zero attached hydrogens (tertiary/aromatic N) is 1. The van der Waals surface area contributed by atoms with Crippen LogP contribution in [0.25, 0.3) is 0 Å². The van der Waals surface area contributed by atoms with Crippen molar-refractivity contribution < 1.29 is 9.53 Å².